The number of nitrogens with zero attached hydrogens (tertiary/aromatic N) is 14. The van der Waals surface area contributed by atoms with Gasteiger partial charge in [0.2, 0.25) is 76.7 Å². The number of carbonyl (C=O) groups is 1. The number of para-hydroxylation sites is 1. The summed E-state index contributed by atoms with van der Waals surface area (Å²) in [4.78, 5) is 75.7. The Kier molecular flexibility index (Phi) is 41.4. The first-order valence-electron chi connectivity index (χ1n) is 40.6. The van der Waals surface area contributed by atoms with Crippen LogP contribution in [-0.2, 0) is 36.9 Å². The third-order valence-corrected chi connectivity index (χ3v) is 21.9. The first-order chi connectivity index (χ1) is 60.6. The third-order valence-electron chi connectivity index (χ3n) is 19.5. The number of phenolic OH excluding ortho intramolecular Hbond substituents is 1. The molecule has 7 rings (SSSR count). The number of hydrogen-bond donors (Lipinski definition) is 25. The molecule has 0 amide bonds. The van der Waals surface area contributed by atoms with Crippen LogP contribution in [0.1, 0.15) is 93.5 Å². The smallest absolute Gasteiger partial charge is 0.329 e. The van der Waals surface area contributed by atoms with E-state index in [9.17, 15) is 107 Å². The minimum Gasteiger partial charge on any atom is -0.508 e. The number of aliphatic carboxylic acids is 1. The molecule has 28 N–H and O–H groups in total. The molecule has 0 saturated carbocycles. The molecule has 1 aromatic heterocycles. The van der Waals surface area contributed by atoms with Gasteiger partial charge in [-0.1, -0.05) is 143 Å². The lowest BCUT2D eigenvalue weighted by molar-refractivity contribution is -0.137. The van der Waals surface area contributed by atoms with Gasteiger partial charge in [0, 0.05) is 54.3 Å². The van der Waals surface area contributed by atoms with Crippen LogP contribution in [0, 0.1) is 5.41 Å². The summed E-state index contributed by atoms with van der Waals surface area (Å²) in [6.45, 7) is 1.85. The van der Waals surface area contributed by atoms with Crippen LogP contribution in [0.5, 0.6) is 5.75 Å². The van der Waals surface area contributed by atoms with Crippen LogP contribution in [0.15, 0.2) is 216 Å². The topological polar surface area (TPSA) is 712 Å². The first kappa shape index (κ1) is 102. The van der Waals surface area contributed by atoms with Crippen LogP contribution in [0.25, 0.3) is 10.9 Å². The third kappa shape index (κ3) is 33.4. The maximum atomic E-state index is 12.9. The van der Waals surface area contributed by atoms with Crippen molar-refractivity contribution >= 4 is 127 Å². The van der Waals surface area contributed by atoms with Crippen molar-refractivity contribution in [3.05, 3.63) is 174 Å². The van der Waals surface area contributed by atoms with E-state index in [2.05, 4.69) is 74.9 Å². The van der Waals surface area contributed by atoms with Gasteiger partial charge in [-0.2, -0.15) is 0 Å². The summed E-state index contributed by atoms with van der Waals surface area (Å²) in [7, 11) is 1.49. The van der Waals surface area contributed by atoms with Gasteiger partial charge in [-0.25, -0.2) is 74.7 Å². The first-order valence-corrected chi connectivity index (χ1v) is 43.1. The number of fused-ring (bicyclic) bond motifs is 1. The molecule has 0 aliphatic carbocycles. The summed E-state index contributed by atoms with van der Waals surface area (Å²) in [5.74, 6) is -16.9. The Bertz CT molecular complexity index is 4980. The number of nitrogens with two attached hydrogens (primary N) is 3. The van der Waals surface area contributed by atoms with Crippen LogP contribution in [0.4, 0.5) is 0 Å². The Balaban J connectivity index is 1.46. The summed E-state index contributed by atoms with van der Waals surface area (Å²) < 4.78 is 0. The predicted octanol–water partition coefficient (Wildman–Crippen LogP) is 8.33. The van der Waals surface area contributed by atoms with Crippen LogP contribution < -0.4 is 17.2 Å². The van der Waals surface area contributed by atoms with E-state index in [0.717, 1.165) is 28.5 Å². The summed E-state index contributed by atoms with van der Waals surface area (Å²) in [6, 6.07) is 14.5. The fourth-order valence-electron chi connectivity index (χ4n) is 12.6. The number of hydrogen-bond acceptors (Lipinski definition) is 25. The lowest BCUT2D eigenvalue weighted by Crippen LogP contribution is -2.38. The number of aliphatic hydroxyl groups is 18. The summed E-state index contributed by atoms with van der Waals surface area (Å²) in [5.41, 5.74) is 21.3. The van der Waals surface area contributed by atoms with Crippen LogP contribution in [0.2, 0.25) is 0 Å². The largest absolute Gasteiger partial charge is 0.508 e. The second-order valence-corrected chi connectivity index (χ2v) is 32.2. The fraction of sp³-hybridized carbons (Fsp3) is 0.435. The van der Waals surface area contributed by atoms with Gasteiger partial charge in [0.15, 0.2) is 36.0 Å². The van der Waals surface area contributed by atoms with Gasteiger partial charge in [0.05, 0.1) is 31.3 Å². The molecule has 40 nitrogen and oxygen atoms in total. The van der Waals surface area contributed by atoms with Crippen molar-refractivity contribution in [2.45, 2.75) is 195 Å². The highest BCUT2D eigenvalue weighted by Gasteiger charge is 2.34. The Hall–Kier alpha value is -12.6. The minimum absolute atomic E-state index is 0.00576. The molecule has 1 aliphatic heterocycles. The molecule has 6 aromatic rings. The lowest BCUT2D eigenvalue weighted by atomic mass is 10.0. The van der Waals surface area contributed by atoms with Gasteiger partial charge < -0.3 is 124 Å². The van der Waals surface area contributed by atoms with Gasteiger partial charge in [-0.15, -0.1) is 0 Å². The molecular formula is C85H113N19O21S2. The zero-order chi connectivity index (χ0) is 92.8. The summed E-state index contributed by atoms with van der Waals surface area (Å²) in [6.07, 6.45) is -3.13. The number of aromatic amines is 1. The molecule has 16 atom stereocenters. The van der Waals surface area contributed by atoms with Crippen molar-refractivity contribution in [1.29, 1.82) is 5.41 Å². The molecule has 0 unspecified atom stereocenters. The van der Waals surface area contributed by atoms with E-state index >= 15 is 0 Å². The van der Waals surface area contributed by atoms with E-state index in [1.807, 2.05) is 0 Å². The maximum Gasteiger partial charge on any atom is 0.329 e. The van der Waals surface area contributed by atoms with E-state index in [0.29, 0.717) is 45.1 Å². The highest BCUT2D eigenvalue weighted by Crippen LogP contribution is 2.28. The number of benzene rings is 5. The number of aromatic hydroxyl groups is 1. The minimum atomic E-state index is -2.00. The number of aliphatic hydroxyl groups excluding tert-OH is 18. The highest BCUT2D eigenvalue weighted by molar-refractivity contribution is 8.76. The summed E-state index contributed by atoms with van der Waals surface area (Å²) >= 11 is 0. The average molecular weight is 1800 g/mol. The second-order valence-electron chi connectivity index (χ2n) is 29.7. The number of H-pyrrole nitrogens is 1. The van der Waals surface area contributed by atoms with Crippen molar-refractivity contribution < 1.29 is 107 Å². The van der Waals surface area contributed by atoms with Gasteiger partial charge in [-0.05, 0) is 125 Å². The zero-order valence-electron chi connectivity index (χ0n) is 70.0. The SMILES string of the molecule is C[C@H](N=C(O)[C@@H](N)Cc1ccc(O)cc1)C(O)=NCC(O)=N[C@H]1CSSC[C@@H](C(=O)O)N=C(O)[C@H](CO)N=C(O)[C@H]([C@@H](C)O)N=C(O)[C@H](Cc2ccccc2)N=C(O)[C@H]([C@@H](C)O)N=C(O)[C@H](CCCCN)N=C(O)[C@H](Cc2c[nH]c3ccccc23)N=C(O)[C@H](Cc2ccccc2)N=C(O)[C@H](Cc2ccccc2)N=C(O)[C@H](CC(=N)O)N=C(O)[C@H](CCCCN)N=C1O. The molecule has 0 bridgehead atoms. The molecule has 0 spiro atoms. The van der Waals surface area contributed by atoms with Crippen molar-refractivity contribution in [2.75, 3.05) is 37.7 Å². The normalized spacial score (nSPS) is 23.4. The number of aliphatic imine (C=N–C) groups is 14. The Morgan fingerprint density at radius 1 is 0.472 bits per heavy atom. The van der Waals surface area contributed by atoms with E-state index in [1.165, 1.54) is 26.0 Å². The number of carboxylic acids is 1. The van der Waals surface area contributed by atoms with Crippen molar-refractivity contribution in [1.82, 2.24) is 4.98 Å². The van der Waals surface area contributed by atoms with Crippen molar-refractivity contribution in [3.8, 4) is 5.75 Å². The van der Waals surface area contributed by atoms with Crippen molar-refractivity contribution in [3.63, 3.8) is 0 Å². The fourth-order valence-corrected chi connectivity index (χ4v) is 14.9. The molecule has 127 heavy (non-hydrogen) atoms. The number of aromatic nitrogens is 1. The second kappa shape index (κ2) is 51.8. The van der Waals surface area contributed by atoms with Crippen molar-refractivity contribution in [2.24, 2.45) is 87.1 Å². The molecule has 42 heteroatoms. The molecule has 686 valence electrons. The summed E-state index contributed by atoms with van der Waals surface area (Å²) in [5, 5.41) is 240. The molecule has 5 aromatic carbocycles. The Morgan fingerprint density at radius 3 is 1.36 bits per heavy atom. The lowest BCUT2D eigenvalue weighted by Gasteiger charge is -2.21. The Labute approximate surface area is 739 Å². The Morgan fingerprint density at radius 2 is 0.882 bits per heavy atom. The number of nitrogens with one attached hydrogen (secondary N) is 2. The van der Waals surface area contributed by atoms with Gasteiger partial charge >= 0.3 is 5.97 Å². The van der Waals surface area contributed by atoms with Crippen LogP contribution >= 0.6 is 21.6 Å². The van der Waals surface area contributed by atoms with Gasteiger partial charge in [-0.3, -0.25) is 5.41 Å². The monoisotopic (exact) mass is 1800 g/mol. The van der Waals surface area contributed by atoms with Gasteiger partial charge in [0.1, 0.15) is 66.7 Å². The van der Waals surface area contributed by atoms with Gasteiger partial charge in [0.25, 0.3) is 0 Å². The molecule has 0 saturated heterocycles. The number of rotatable bonds is 30. The zero-order valence-corrected chi connectivity index (χ0v) is 71.6. The number of unbranched alkanes of at least 4 members (excludes halogenated alkanes) is 2. The molecule has 0 fully saturated rings. The van der Waals surface area contributed by atoms with E-state index in [4.69, 9.17) is 22.6 Å². The van der Waals surface area contributed by atoms with Crippen LogP contribution in [-0.4, -0.2) is 336 Å². The molecule has 0 radical (unpaired) electrons. The average Bonchev–Trinajstić information content (AvgIpc) is 1.65. The standard InChI is InChI=1S/C85H113N19O21S2/c1-46(92-73(112)56(88)35-52-29-31-54(108)32-30-52)72(111)91-42-69(110)93-66-44-126-127-45-67(85(124)125)102-81(120)65(43-105)101-84(123)71(48(3)107)104-80(119)62(38-51-23-11-6-12-24-51)100-83(122)70(47(2)106)103-75(114)59(28-16-18-34-87)94-78(117)63(39-53-41-90-57-26-14-13-25-55(53)57)98-77(116)61(37-50-21-9-5-10-22-50)96-76(115)60(36-49-19-7-4-8-20-49)97-79(118)64(40-68(89)109)99-74(113)58(95-82(66)121)27-15-17-33-86/h4-14,19-26,29-32,41,46-48,56,58-67,70-71,90,105-108H,15-18,27-28,33-40,42-45,86-88H2,1-3H3,(H2,89,109)(H,91,111)(H,92,112)(H,93,110)(H,94,117)(H,95,121)(H,96,115)(H,97,118)(H,98,116)(H,99,113)(H,100,122)(H,101,123)(H,102,120)(H,103,114)(H,104,119)(H,124,125)/t46-,47+,48+,56-,58-,59-,60-,61-,62-,63-,64-,65-,66-,67-,70-,71-/m0/s1. The number of phenols is 1. The molecule has 1 aliphatic rings. The quantitative estimate of drug-likeness (QED) is 0.00871. The van der Waals surface area contributed by atoms with E-state index in [1.54, 1.807) is 134 Å². The van der Waals surface area contributed by atoms with E-state index in [-0.39, 0.29) is 83.0 Å². The molecule has 2 heterocycles. The highest BCUT2D eigenvalue weighted by atomic mass is 33.1. The predicted molar refractivity (Wildman–Crippen MR) is 497 cm³/mol. The molecular weight excluding hydrogens is 1690 g/mol. The van der Waals surface area contributed by atoms with E-state index < -0.39 is 222 Å². The number of carboxylic acid groups (broad SMARTS) is 1. The van der Waals surface area contributed by atoms with Crippen LogP contribution in [0.3, 0.4) is 0 Å². The maximum absolute atomic E-state index is 12.9.